The molecule has 1 aromatic heterocycles. The molecule has 2 aromatic rings. The lowest BCUT2D eigenvalue weighted by Crippen LogP contribution is -2.17. The monoisotopic (exact) mass is 317 g/mol. The third-order valence-electron chi connectivity index (χ3n) is 3.16. The molecule has 112 valence electrons. The zero-order chi connectivity index (χ0) is 15.7. The summed E-state index contributed by atoms with van der Waals surface area (Å²) in [5.41, 5.74) is 1.40. The van der Waals surface area contributed by atoms with Crippen LogP contribution in [0.5, 0.6) is 0 Å². The van der Waals surface area contributed by atoms with E-state index in [0.29, 0.717) is 22.2 Å². The van der Waals surface area contributed by atoms with Crippen molar-refractivity contribution in [3.8, 4) is 0 Å². The van der Waals surface area contributed by atoms with E-state index in [1.807, 2.05) is 0 Å². The molecule has 1 unspecified atom stereocenters. The molecule has 0 amide bonds. The van der Waals surface area contributed by atoms with Crippen LogP contribution in [0.1, 0.15) is 27.8 Å². The summed E-state index contributed by atoms with van der Waals surface area (Å²) in [5.74, 6) is -0.653. The Morgan fingerprint density at radius 3 is 2.91 bits per heavy atom. The second-order valence-corrected chi connectivity index (χ2v) is 5.17. The third kappa shape index (κ3) is 2.73. The van der Waals surface area contributed by atoms with E-state index in [-0.39, 0.29) is 5.56 Å². The van der Waals surface area contributed by atoms with Gasteiger partial charge in [-0.05, 0) is 30.3 Å². The van der Waals surface area contributed by atoms with Crippen molar-refractivity contribution in [1.82, 2.24) is 9.99 Å². The van der Waals surface area contributed by atoms with E-state index in [1.165, 1.54) is 12.1 Å². The molecule has 6 nitrogen and oxygen atoms in total. The molecule has 1 aliphatic heterocycles. The van der Waals surface area contributed by atoms with Crippen LogP contribution in [0.2, 0.25) is 5.02 Å². The fourth-order valence-electron chi connectivity index (χ4n) is 2.12. The van der Waals surface area contributed by atoms with Gasteiger partial charge >= 0.3 is 5.97 Å². The second-order valence-electron chi connectivity index (χ2n) is 4.73. The predicted octanol–water partition coefficient (Wildman–Crippen LogP) is 2.76. The number of pyridine rings is 1. The van der Waals surface area contributed by atoms with Crippen LogP contribution >= 0.6 is 11.6 Å². The maximum absolute atomic E-state index is 11.0. The molecule has 3 rings (SSSR count). The summed E-state index contributed by atoms with van der Waals surface area (Å²) >= 11 is 5.96. The molecule has 0 saturated heterocycles. The highest BCUT2D eigenvalue weighted by molar-refractivity contribution is 6.30. The number of aromatic nitrogens is 1. The van der Waals surface area contributed by atoms with Crippen LogP contribution in [0.15, 0.2) is 47.7 Å². The number of benzene rings is 1. The van der Waals surface area contributed by atoms with Crippen molar-refractivity contribution >= 4 is 23.5 Å². The maximum atomic E-state index is 11.0. The highest BCUT2D eigenvalue weighted by Gasteiger charge is 2.29. The molecule has 2 heterocycles. The molecule has 1 N–H and O–H groups in total. The molecule has 0 bridgehead atoms. The lowest BCUT2D eigenvalue weighted by Gasteiger charge is -2.17. The Kier molecular flexibility index (Phi) is 3.68. The van der Waals surface area contributed by atoms with E-state index < -0.39 is 12.2 Å². The summed E-state index contributed by atoms with van der Waals surface area (Å²) in [4.78, 5) is 15.3. The molecule has 1 aliphatic rings. The van der Waals surface area contributed by atoms with Gasteiger partial charge in [-0.1, -0.05) is 17.7 Å². The van der Waals surface area contributed by atoms with Crippen LogP contribution in [0, 0.1) is 0 Å². The number of ether oxygens (including phenoxy) is 1. The maximum Gasteiger partial charge on any atom is 0.335 e. The Balaban J connectivity index is 1.87. The van der Waals surface area contributed by atoms with E-state index in [9.17, 15) is 4.79 Å². The van der Waals surface area contributed by atoms with Crippen LogP contribution in [0.4, 0.5) is 0 Å². The smallest absolute Gasteiger partial charge is 0.335 e. The first-order valence-electron chi connectivity index (χ1n) is 6.48. The molecular weight excluding hydrogens is 306 g/mol. The zero-order valence-electron chi connectivity index (χ0n) is 11.6. The summed E-state index contributed by atoms with van der Waals surface area (Å²) in [6, 6.07) is 9.80. The van der Waals surface area contributed by atoms with Gasteiger partial charge in [-0.3, -0.25) is 9.99 Å². The van der Waals surface area contributed by atoms with Gasteiger partial charge in [0.1, 0.15) is 5.69 Å². The lowest BCUT2D eigenvalue weighted by atomic mass is 10.1. The number of rotatable bonds is 3. The summed E-state index contributed by atoms with van der Waals surface area (Å²) in [6.07, 6.45) is 1.10. The van der Waals surface area contributed by atoms with Crippen molar-refractivity contribution in [3.63, 3.8) is 0 Å². The number of hydrogen-bond donors (Lipinski definition) is 1. The van der Waals surface area contributed by atoms with Gasteiger partial charge in [0.05, 0.1) is 5.56 Å². The Labute approximate surface area is 131 Å². The van der Waals surface area contributed by atoms with Crippen molar-refractivity contribution in [1.29, 1.82) is 0 Å². The highest BCUT2D eigenvalue weighted by Crippen LogP contribution is 2.28. The average Bonchev–Trinajstić information content (AvgIpc) is 2.89. The fourth-order valence-corrected chi connectivity index (χ4v) is 2.29. The lowest BCUT2D eigenvalue weighted by molar-refractivity contribution is 0.0696. The number of nitrogens with zero attached hydrogens (tertiary/aromatic N) is 3. The quantitative estimate of drug-likeness (QED) is 0.942. The normalized spacial score (nSPS) is 17.1. The van der Waals surface area contributed by atoms with E-state index in [2.05, 4.69) is 10.1 Å². The molecule has 22 heavy (non-hydrogen) atoms. The summed E-state index contributed by atoms with van der Waals surface area (Å²) in [6.45, 7) is 0. The van der Waals surface area contributed by atoms with Crippen LogP contribution < -0.4 is 0 Å². The molecule has 1 aromatic carbocycles. The number of aromatic carboxylic acids is 1. The molecule has 0 radical (unpaired) electrons. The van der Waals surface area contributed by atoms with Crippen molar-refractivity contribution in [2.24, 2.45) is 5.10 Å². The summed E-state index contributed by atoms with van der Waals surface area (Å²) in [5, 5.41) is 15.5. The molecule has 7 heteroatoms. The Bertz CT molecular complexity index is 763. The number of carbonyl (C=O) groups is 1. The minimum Gasteiger partial charge on any atom is -0.478 e. The van der Waals surface area contributed by atoms with Gasteiger partial charge in [0.2, 0.25) is 12.1 Å². The van der Waals surface area contributed by atoms with Gasteiger partial charge in [0.25, 0.3) is 0 Å². The number of hydrazone groups is 1. The molecule has 0 spiro atoms. The second kappa shape index (κ2) is 5.65. The van der Waals surface area contributed by atoms with Crippen molar-refractivity contribution < 1.29 is 14.6 Å². The number of hydrogen-bond acceptors (Lipinski definition) is 5. The third-order valence-corrected chi connectivity index (χ3v) is 3.40. The minimum absolute atomic E-state index is 0.177. The topological polar surface area (TPSA) is 75.0 Å². The number of carboxylic acid groups (broad SMARTS) is 1. The largest absolute Gasteiger partial charge is 0.478 e. The zero-order valence-corrected chi connectivity index (χ0v) is 12.4. The van der Waals surface area contributed by atoms with Gasteiger partial charge in [0, 0.05) is 23.8 Å². The minimum atomic E-state index is -0.998. The van der Waals surface area contributed by atoms with Gasteiger partial charge in [-0.25, -0.2) is 4.79 Å². The molecule has 1 atom stereocenters. The van der Waals surface area contributed by atoms with Crippen LogP contribution in [-0.2, 0) is 4.74 Å². The molecule has 0 aliphatic carbocycles. The van der Waals surface area contributed by atoms with Crippen LogP contribution in [0.25, 0.3) is 0 Å². The number of halogens is 1. The summed E-state index contributed by atoms with van der Waals surface area (Å²) in [7, 11) is 1.75. The first kappa shape index (κ1) is 14.3. The van der Waals surface area contributed by atoms with Gasteiger partial charge in [-0.15, -0.1) is 5.10 Å². The van der Waals surface area contributed by atoms with Gasteiger partial charge in [-0.2, -0.15) is 0 Å². The van der Waals surface area contributed by atoms with E-state index >= 15 is 0 Å². The van der Waals surface area contributed by atoms with Gasteiger partial charge < -0.3 is 9.84 Å². The fraction of sp³-hybridized carbons (Fsp3) is 0.133. The highest BCUT2D eigenvalue weighted by atomic mass is 35.5. The van der Waals surface area contributed by atoms with E-state index in [1.54, 1.807) is 42.5 Å². The van der Waals surface area contributed by atoms with E-state index in [4.69, 9.17) is 21.4 Å². The Hall–Kier alpha value is -2.60. The SMILES string of the molecule is CN1N=C(c2cccc(C(=O)O)c2)OC1c1cc(Cl)ccn1. The standard InChI is InChI=1S/C15H12ClN3O3/c1-19-14(12-8-11(16)5-6-17-12)22-13(18-19)9-3-2-4-10(7-9)15(20)21/h2-8,14H,1H3,(H,20,21). The van der Waals surface area contributed by atoms with Gasteiger partial charge in [0.15, 0.2) is 0 Å². The Morgan fingerprint density at radius 1 is 1.36 bits per heavy atom. The average molecular weight is 318 g/mol. The van der Waals surface area contributed by atoms with E-state index in [0.717, 1.165) is 0 Å². The molecule has 0 saturated carbocycles. The van der Waals surface area contributed by atoms with Crippen LogP contribution in [0.3, 0.4) is 0 Å². The van der Waals surface area contributed by atoms with Crippen molar-refractivity contribution in [2.75, 3.05) is 7.05 Å². The van der Waals surface area contributed by atoms with Crippen LogP contribution in [-0.4, -0.2) is 34.0 Å². The molecule has 0 fully saturated rings. The predicted molar refractivity (Wildman–Crippen MR) is 80.8 cm³/mol. The molecular formula is C15H12ClN3O3. The number of carboxylic acids is 1. The summed E-state index contributed by atoms with van der Waals surface area (Å²) < 4.78 is 5.80. The van der Waals surface area contributed by atoms with Crippen molar-refractivity contribution in [2.45, 2.75) is 6.23 Å². The van der Waals surface area contributed by atoms with Crippen molar-refractivity contribution in [3.05, 3.63) is 64.4 Å². The Morgan fingerprint density at radius 2 is 2.18 bits per heavy atom. The first-order chi connectivity index (χ1) is 10.5. The first-order valence-corrected chi connectivity index (χ1v) is 6.85.